The lowest BCUT2D eigenvalue weighted by Gasteiger charge is -2.23. The lowest BCUT2D eigenvalue weighted by Crippen LogP contribution is -2.45. The van der Waals surface area contributed by atoms with Crippen LogP contribution in [0.5, 0.6) is 0 Å². The van der Waals surface area contributed by atoms with Gasteiger partial charge in [-0.2, -0.15) is 5.10 Å². The topological polar surface area (TPSA) is 194 Å². The fraction of sp³-hybridized carbons (Fsp3) is 0.434. The van der Waals surface area contributed by atoms with Crippen LogP contribution in [0.1, 0.15) is 109 Å². The summed E-state index contributed by atoms with van der Waals surface area (Å²) in [5.41, 5.74) is 6.17. The molecule has 5 amide bonds. The summed E-state index contributed by atoms with van der Waals surface area (Å²) >= 11 is 0. The molecule has 0 unspecified atom stereocenters. The van der Waals surface area contributed by atoms with Crippen molar-refractivity contribution in [3.8, 4) is 22.4 Å². The zero-order valence-electron chi connectivity index (χ0n) is 40.0. The average Bonchev–Trinajstić information content (AvgIpc) is 3.93. The van der Waals surface area contributed by atoms with Gasteiger partial charge >= 0.3 is 0 Å². The fourth-order valence-corrected chi connectivity index (χ4v) is 8.60. The van der Waals surface area contributed by atoms with Crippen LogP contribution in [-0.2, 0) is 54.8 Å². The van der Waals surface area contributed by atoms with E-state index in [1.54, 1.807) is 19.3 Å². The highest BCUT2D eigenvalue weighted by atomic mass is 16.2. The number of Topliss-reactive ketones (excluding diaryl/α,β-unsaturated/α-hetero) is 1. The number of pyridine rings is 2. The number of aryl methyl sites for hydroxylation is 1. The van der Waals surface area contributed by atoms with Gasteiger partial charge in [-0.15, -0.1) is 0 Å². The van der Waals surface area contributed by atoms with E-state index in [1.807, 2.05) is 106 Å². The molecule has 3 aromatic heterocycles. The number of ketones is 1. The second-order valence-corrected chi connectivity index (χ2v) is 17.7. The minimum Gasteiger partial charge on any atom is -0.356 e. The predicted molar refractivity (Wildman–Crippen MR) is 260 cm³/mol. The second-order valence-electron chi connectivity index (χ2n) is 17.7. The highest BCUT2D eigenvalue weighted by molar-refractivity contribution is 6.02. The SMILES string of the molecule is CC.CC(C)[C@H](NC(=O)CCCCCN1C(=O)CCC1=O)C(=O)C[C@@H](C)C(=O)NCCCCn1nc(-c2ccc(CC(=O)N3Cc4ccncc4C3)cc2)cc(-c2cccc3ncccc23)c1=O. The van der Waals surface area contributed by atoms with E-state index >= 15 is 0 Å². The van der Waals surface area contributed by atoms with Crippen LogP contribution in [0.2, 0.25) is 0 Å². The number of carbonyl (C=O) groups excluding carboxylic acids is 6. The van der Waals surface area contributed by atoms with E-state index in [2.05, 4.69) is 20.6 Å². The molecule has 2 atom stereocenters. The summed E-state index contributed by atoms with van der Waals surface area (Å²) in [5.74, 6) is -1.80. The molecule has 1 fully saturated rings. The molecule has 2 N–H and O–H groups in total. The molecule has 0 spiro atoms. The Kier molecular flexibility index (Phi) is 18.0. The first-order valence-corrected chi connectivity index (χ1v) is 24.0. The molecule has 0 radical (unpaired) electrons. The van der Waals surface area contributed by atoms with E-state index in [0.717, 1.165) is 38.7 Å². The lowest BCUT2D eigenvalue weighted by molar-refractivity contribution is -0.138. The molecular weight excluding hydrogens is 861 g/mol. The van der Waals surface area contributed by atoms with Crippen molar-refractivity contribution in [1.82, 2.24) is 40.2 Å². The monoisotopic (exact) mass is 924 g/mol. The van der Waals surface area contributed by atoms with E-state index in [9.17, 15) is 33.6 Å². The van der Waals surface area contributed by atoms with Gasteiger partial charge in [-0.1, -0.05) is 83.5 Å². The van der Waals surface area contributed by atoms with Gasteiger partial charge in [0.05, 0.1) is 29.2 Å². The number of rotatable bonds is 21. The van der Waals surface area contributed by atoms with Crippen molar-refractivity contribution in [2.75, 3.05) is 13.1 Å². The van der Waals surface area contributed by atoms with Gasteiger partial charge in [0.25, 0.3) is 5.56 Å². The molecule has 2 aliphatic heterocycles. The normalized spacial score (nSPS) is 14.1. The summed E-state index contributed by atoms with van der Waals surface area (Å²) in [5, 5.41) is 11.4. The third-order valence-corrected chi connectivity index (χ3v) is 12.4. The highest BCUT2D eigenvalue weighted by Gasteiger charge is 2.29. The summed E-state index contributed by atoms with van der Waals surface area (Å²) in [6.45, 7) is 11.5. The Labute approximate surface area is 398 Å². The number of aromatic nitrogens is 4. The minimum atomic E-state index is -0.733. The molecule has 7 rings (SSSR count). The van der Waals surface area contributed by atoms with Crippen LogP contribution in [0.25, 0.3) is 33.3 Å². The van der Waals surface area contributed by atoms with Crippen LogP contribution in [0.4, 0.5) is 0 Å². The standard InChI is InChI=1S/C51H58N8O7.C2H6/c1-33(2)49(55-45(61)14-5-4-7-25-58-46(62)19-20-47(58)63)44(60)27-34(3)50(65)54-22-6-8-26-59-51(66)41(39-11-9-13-42-40(39)12-10-23-53-42)29-43(56-59)36-17-15-35(16-18-36)28-48(64)57-31-37-21-24-52-30-38(37)32-57;1-2/h9-13,15-18,21,23-24,29-30,33-34,49H,4-8,14,19-20,22,25-28,31-32H2,1-3H3,(H,54,65)(H,55,61);1-2H3/t34-,49+;/m1./s1. The quantitative estimate of drug-likeness (QED) is 0.0573. The summed E-state index contributed by atoms with van der Waals surface area (Å²) in [6.07, 6.45) is 9.17. The van der Waals surface area contributed by atoms with E-state index in [1.165, 1.54) is 9.58 Å². The van der Waals surface area contributed by atoms with E-state index < -0.39 is 12.0 Å². The van der Waals surface area contributed by atoms with Crippen LogP contribution < -0.4 is 16.2 Å². The molecule has 5 aromatic rings. The predicted octanol–water partition coefficient (Wildman–Crippen LogP) is 6.97. The van der Waals surface area contributed by atoms with Crippen molar-refractivity contribution in [2.45, 2.75) is 125 Å². The van der Waals surface area contributed by atoms with Gasteiger partial charge in [-0.3, -0.25) is 48.4 Å². The van der Waals surface area contributed by atoms with Gasteiger partial charge in [-0.25, -0.2) is 4.68 Å². The number of unbranched alkanes of at least 4 members (excludes halogenated alkanes) is 3. The fourth-order valence-electron chi connectivity index (χ4n) is 8.60. The number of nitrogens with zero attached hydrogens (tertiary/aromatic N) is 6. The van der Waals surface area contributed by atoms with Crippen molar-refractivity contribution >= 4 is 46.2 Å². The molecule has 5 heterocycles. The van der Waals surface area contributed by atoms with Crippen molar-refractivity contribution in [1.29, 1.82) is 0 Å². The number of fused-ring (bicyclic) bond motifs is 2. The molecule has 15 heteroatoms. The Balaban J connectivity index is 0.00000376. The number of hydrogen-bond acceptors (Lipinski definition) is 10. The summed E-state index contributed by atoms with van der Waals surface area (Å²) in [4.78, 5) is 102. The Morgan fingerprint density at radius 3 is 2.24 bits per heavy atom. The van der Waals surface area contributed by atoms with Crippen molar-refractivity contribution in [3.05, 3.63) is 112 Å². The average molecular weight is 925 g/mol. The van der Waals surface area contributed by atoms with Crippen LogP contribution >= 0.6 is 0 Å². The zero-order valence-corrected chi connectivity index (χ0v) is 40.0. The van der Waals surface area contributed by atoms with Gasteiger partial charge in [0.15, 0.2) is 5.78 Å². The van der Waals surface area contributed by atoms with E-state index in [4.69, 9.17) is 5.10 Å². The number of imide groups is 1. The van der Waals surface area contributed by atoms with Gasteiger partial charge in [0, 0.05) is 93.9 Å². The third kappa shape index (κ3) is 13.0. The Morgan fingerprint density at radius 2 is 1.50 bits per heavy atom. The minimum absolute atomic E-state index is 0.0339. The molecular formula is C53H64N8O7. The number of amides is 5. The summed E-state index contributed by atoms with van der Waals surface area (Å²) in [6, 6.07) is 20.2. The van der Waals surface area contributed by atoms with Crippen LogP contribution in [0.15, 0.2) is 90.1 Å². The zero-order chi connectivity index (χ0) is 48.7. The first-order chi connectivity index (χ1) is 32.9. The number of benzene rings is 2. The first kappa shape index (κ1) is 50.5. The molecule has 0 saturated carbocycles. The molecule has 2 aromatic carbocycles. The molecule has 2 aliphatic rings. The lowest BCUT2D eigenvalue weighted by atomic mass is 9.92. The second kappa shape index (κ2) is 24.2. The summed E-state index contributed by atoms with van der Waals surface area (Å²) in [7, 11) is 0. The van der Waals surface area contributed by atoms with E-state index in [-0.39, 0.29) is 78.9 Å². The smallest absolute Gasteiger partial charge is 0.274 e. The van der Waals surface area contributed by atoms with Crippen molar-refractivity contribution in [3.63, 3.8) is 0 Å². The third-order valence-electron chi connectivity index (χ3n) is 12.4. The Bertz CT molecular complexity index is 2620. The van der Waals surface area contributed by atoms with Crippen LogP contribution in [-0.4, -0.2) is 84.0 Å². The number of likely N-dealkylation sites (tertiary alicyclic amines) is 1. The van der Waals surface area contributed by atoms with Gasteiger partial charge in [0.2, 0.25) is 29.5 Å². The van der Waals surface area contributed by atoms with Crippen molar-refractivity contribution in [2.24, 2.45) is 11.8 Å². The number of hydrogen-bond donors (Lipinski definition) is 2. The number of carbonyl (C=O) groups is 6. The molecule has 358 valence electrons. The molecule has 68 heavy (non-hydrogen) atoms. The van der Waals surface area contributed by atoms with Crippen LogP contribution in [0, 0.1) is 11.8 Å². The first-order valence-electron chi connectivity index (χ1n) is 24.0. The van der Waals surface area contributed by atoms with Gasteiger partial charge in [0.1, 0.15) is 0 Å². The van der Waals surface area contributed by atoms with Gasteiger partial charge in [-0.05, 0) is 78.1 Å². The maximum atomic E-state index is 14.1. The molecule has 15 nitrogen and oxygen atoms in total. The maximum Gasteiger partial charge on any atom is 0.274 e. The Morgan fingerprint density at radius 1 is 0.765 bits per heavy atom. The van der Waals surface area contributed by atoms with Gasteiger partial charge < -0.3 is 15.5 Å². The largest absolute Gasteiger partial charge is 0.356 e. The Hall–Kier alpha value is -6.90. The molecule has 1 saturated heterocycles. The van der Waals surface area contributed by atoms with E-state index in [0.29, 0.717) is 76.1 Å². The molecule has 0 aliphatic carbocycles. The highest BCUT2D eigenvalue weighted by Crippen LogP contribution is 2.29. The number of nitrogens with one attached hydrogen (secondary N) is 2. The molecule has 0 bridgehead atoms. The maximum absolute atomic E-state index is 14.1. The van der Waals surface area contributed by atoms with Crippen molar-refractivity contribution < 1.29 is 28.8 Å². The summed E-state index contributed by atoms with van der Waals surface area (Å²) < 4.78 is 1.47. The van der Waals surface area contributed by atoms with Crippen LogP contribution in [0.3, 0.4) is 0 Å².